The van der Waals surface area contributed by atoms with Crippen LogP contribution in [0.3, 0.4) is 0 Å². The zero-order chi connectivity index (χ0) is 20.3. The molecule has 1 aromatic carbocycles. The van der Waals surface area contributed by atoms with E-state index in [1.54, 1.807) is 29.6 Å². The fourth-order valence-corrected chi connectivity index (χ4v) is 4.00. The van der Waals surface area contributed by atoms with Crippen LogP contribution in [0.4, 0.5) is 0 Å². The lowest BCUT2D eigenvalue weighted by Crippen LogP contribution is -2.01. The Hall–Kier alpha value is -3.85. The maximum absolute atomic E-state index is 4.51. The molecule has 0 amide bonds. The predicted octanol–water partition coefficient (Wildman–Crippen LogP) is 3.81. The highest BCUT2D eigenvalue weighted by atomic mass is 32.2. The highest BCUT2D eigenvalue weighted by Crippen LogP contribution is 2.32. The second kappa shape index (κ2) is 7.88. The Morgan fingerprint density at radius 3 is 2.63 bits per heavy atom. The number of para-hydroxylation sites is 1. The summed E-state index contributed by atoms with van der Waals surface area (Å²) in [5.74, 6) is 0.755. The number of nitrogens with zero attached hydrogens (tertiary/aromatic N) is 8. The van der Waals surface area contributed by atoms with Crippen LogP contribution >= 0.6 is 11.8 Å². The Labute approximate surface area is 176 Å². The van der Waals surface area contributed by atoms with E-state index in [2.05, 4.69) is 36.8 Å². The SMILES string of the molecule is C=CCn1c(Sc2ncnc3c2cnn3-c2ccccc2)nnc1-c1ccncc1. The minimum Gasteiger partial charge on any atom is -0.298 e. The highest BCUT2D eigenvalue weighted by molar-refractivity contribution is 7.99. The molecule has 0 unspecified atom stereocenters. The van der Waals surface area contributed by atoms with Crippen molar-refractivity contribution in [2.75, 3.05) is 0 Å². The van der Waals surface area contributed by atoms with Crippen LogP contribution in [-0.2, 0) is 6.54 Å². The van der Waals surface area contributed by atoms with Gasteiger partial charge < -0.3 is 0 Å². The topological polar surface area (TPSA) is 87.2 Å². The average molecular weight is 412 g/mol. The van der Waals surface area contributed by atoms with Crippen molar-refractivity contribution in [1.82, 2.24) is 39.5 Å². The average Bonchev–Trinajstić information content (AvgIpc) is 3.41. The van der Waals surface area contributed by atoms with Crippen LogP contribution in [0.1, 0.15) is 0 Å². The van der Waals surface area contributed by atoms with Gasteiger partial charge in [-0.15, -0.1) is 16.8 Å². The minimum absolute atomic E-state index is 0.574. The zero-order valence-corrected chi connectivity index (χ0v) is 16.6. The van der Waals surface area contributed by atoms with E-state index in [4.69, 9.17) is 0 Å². The molecule has 0 N–H and O–H groups in total. The van der Waals surface area contributed by atoms with Gasteiger partial charge in [0.1, 0.15) is 11.4 Å². The van der Waals surface area contributed by atoms with Crippen LogP contribution in [0.25, 0.3) is 28.1 Å². The Morgan fingerprint density at radius 2 is 1.83 bits per heavy atom. The molecular weight excluding hydrogens is 396 g/mol. The molecule has 0 radical (unpaired) electrons. The molecule has 9 heteroatoms. The minimum atomic E-state index is 0.574. The maximum Gasteiger partial charge on any atom is 0.198 e. The Bertz CT molecular complexity index is 1310. The van der Waals surface area contributed by atoms with Crippen LogP contribution < -0.4 is 0 Å². The zero-order valence-electron chi connectivity index (χ0n) is 15.8. The summed E-state index contributed by atoms with van der Waals surface area (Å²) in [4.78, 5) is 13.0. The van der Waals surface area contributed by atoms with Crippen molar-refractivity contribution in [3.05, 3.63) is 80.0 Å². The molecule has 0 saturated heterocycles. The molecule has 5 rings (SSSR count). The Kier molecular flexibility index (Phi) is 4.78. The number of hydrogen-bond donors (Lipinski definition) is 0. The molecule has 8 nitrogen and oxygen atoms in total. The maximum atomic E-state index is 4.51. The first-order chi connectivity index (χ1) is 14.8. The van der Waals surface area contributed by atoms with Crippen molar-refractivity contribution in [2.45, 2.75) is 16.7 Å². The fourth-order valence-electron chi connectivity index (χ4n) is 3.12. The van der Waals surface area contributed by atoms with Gasteiger partial charge in [0.2, 0.25) is 0 Å². The second-order valence-corrected chi connectivity index (χ2v) is 7.31. The molecule has 0 aliphatic rings. The van der Waals surface area contributed by atoms with Crippen LogP contribution in [-0.4, -0.2) is 39.5 Å². The monoisotopic (exact) mass is 412 g/mol. The summed E-state index contributed by atoms with van der Waals surface area (Å²) in [5.41, 5.74) is 2.62. The molecule has 0 aliphatic heterocycles. The molecule has 5 aromatic rings. The number of rotatable bonds is 6. The van der Waals surface area contributed by atoms with Crippen molar-refractivity contribution in [1.29, 1.82) is 0 Å². The summed E-state index contributed by atoms with van der Waals surface area (Å²) in [7, 11) is 0. The van der Waals surface area contributed by atoms with Crippen LogP contribution in [0.2, 0.25) is 0 Å². The van der Waals surface area contributed by atoms with Gasteiger partial charge in [-0.25, -0.2) is 14.6 Å². The Balaban J connectivity index is 1.56. The van der Waals surface area contributed by atoms with Gasteiger partial charge in [0, 0.05) is 24.5 Å². The molecule has 0 aliphatic carbocycles. The number of allylic oxidation sites excluding steroid dienone is 1. The smallest absolute Gasteiger partial charge is 0.198 e. The molecule has 146 valence electrons. The molecule has 0 fully saturated rings. The lowest BCUT2D eigenvalue weighted by atomic mass is 10.2. The van der Waals surface area contributed by atoms with Crippen molar-refractivity contribution >= 4 is 22.8 Å². The normalized spacial score (nSPS) is 11.1. The number of hydrogen-bond acceptors (Lipinski definition) is 7. The predicted molar refractivity (Wildman–Crippen MR) is 114 cm³/mol. The number of benzene rings is 1. The highest BCUT2D eigenvalue weighted by Gasteiger charge is 2.18. The van der Waals surface area contributed by atoms with Gasteiger partial charge >= 0.3 is 0 Å². The number of pyridine rings is 1. The van der Waals surface area contributed by atoms with E-state index in [-0.39, 0.29) is 0 Å². The first-order valence-corrected chi connectivity index (χ1v) is 10.0. The number of aromatic nitrogens is 8. The van der Waals surface area contributed by atoms with Gasteiger partial charge in [0.25, 0.3) is 0 Å². The van der Waals surface area contributed by atoms with Crippen molar-refractivity contribution < 1.29 is 0 Å². The number of fused-ring (bicyclic) bond motifs is 1. The van der Waals surface area contributed by atoms with Crippen LogP contribution in [0.15, 0.2) is 90.2 Å². The lowest BCUT2D eigenvalue weighted by Gasteiger charge is -2.07. The molecule has 0 bridgehead atoms. The third-order valence-corrected chi connectivity index (χ3v) is 5.49. The van der Waals surface area contributed by atoms with E-state index in [1.807, 2.05) is 53.1 Å². The fraction of sp³-hybridized carbons (Fsp3) is 0.0476. The first-order valence-electron chi connectivity index (χ1n) is 9.21. The van der Waals surface area contributed by atoms with E-state index in [0.29, 0.717) is 11.7 Å². The van der Waals surface area contributed by atoms with Gasteiger partial charge in [-0.05, 0) is 36.0 Å². The first kappa shape index (κ1) is 18.2. The quantitative estimate of drug-likeness (QED) is 0.310. The molecule has 4 aromatic heterocycles. The van der Waals surface area contributed by atoms with Gasteiger partial charge in [-0.2, -0.15) is 5.10 Å². The van der Waals surface area contributed by atoms with Crippen LogP contribution in [0, 0.1) is 0 Å². The van der Waals surface area contributed by atoms with Crippen molar-refractivity contribution in [2.24, 2.45) is 0 Å². The summed E-state index contributed by atoms with van der Waals surface area (Å²) in [6, 6.07) is 13.7. The van der Waals surface area contributed by atoms with Gasteiger partial charge in [-0.1, -0.05) is 24.3 Å². The van der Waals surface area contributed by atoms with Gasteiger partial charge in [0.15, 0.2) is 16.6 Å². The lowest BCUT2D eigenvalue weighted by molar-refractivity contribution is 0.730. The molecule has 30 heavy (non-hydrogen) atoms. The standard InChI is InChI=1S/C21H16N8S/c1-2-12-28-18(15-8-10-22-11-9-15)26-27-21(28)30-20-17-13-25-29(19(17)23-14-24-20)16-6-4-3-5-7-16/h2-11,13-14H,1,12H2. The van der Waals surface area contributed by atoms with E-state index >= 15 is 0 Å². The van der Waals surface area contributed by atoms with Crippen molar-refractivity contribution in [3.8, 4) is 17.1 Å². The summed E-state index contributed by atoms with van der Waals surface area (Å²) in [5, 5.41) is 15.6. The van der Waals surface area contributed by atoms with E-state index < -0.39 is 0 Å². The molecule has 4 heterocycles. The van der Waals surface area contributed by atoms with E-state index in [1.165, 1.54) is 11.8 Å². The van der Waals surface area contributed by atoms with Crippen molar-refractivity contribution in [3.63, 3.8) is 0 Å². The summed E-state index contributed by atoms with van der Waals surface area (Å²) >= 11 is 1.43. The third kappa shape index (κ3) is 3.25. The summed E-state index contributed by atoms with van der Waals surface area (Å²) < 4.78 is 3.81. The molecule has 0 spiro atoms. The molecule has 0 saturated carbocycles. The molecule has 0 atom stereocenters. The second-order valence-electron chi connectivity index (χ2n) is 6.35. The van der Waals surface area contributed by atoms with Gasteiger partial charge in [0.05, 0.1) is 17.3 Å². The van der Waals surface area contributed by atoms with Gasteiger partial charge in [-0.3, -0.25) is 9.55 Å². The van der Waals surface area contributed by atoms with E-state index in [0.717, 1.165) is 33.1 Å². The Morgan fingerprint density at radius 1 is 1.00 bits per heavy atom. The van der Waals surface area contributed by atoms with Crippen LogP contribution in [0.5, 0.6) is 0 Å². The summed E-state index contributed by atoms with van der Waals surface area (Å²) in [6.45, 7) is 4.44. The summed E-state index contributed by atoms with van der Waals surface area (Å²) in [6.07, 6.45) is 8.62. The molecular formula is C21H16N8S. The van der Waals surface area contributed by atoms with E-state index in [9.17, 15) is 0 Å². The largest absolute Gasteiger partial charge is 0.298 e. The third-order valence-electron chi connectivity index (χ3n) is 4.49.